The molecule has 1 saturated heterocycles. The molecule has 1 aliphatic rings. The molecule has 0 amide bonds. The lowest BCUT2D eigenvalue weighted by atomic mass is 10.2. The zero-order chi connectivity index (χ0) is 11.5. The molecule has 0 radical (unpaired) electrons. The van der Waals surface area contributed by atoms with Crippen molar-refractivity contribution in [2.24, 2.45) is 0 Å². The van der Waals surface area contributed by atoms with Crippen LogP contribution in [-0.2, 0) is 11.3 Å². The van der Waals surface area contributed by atoms with Crippen molar-refractivity contribution < 1.29 is 9.84 Å². The predicted octanol–water partition coefficient (Wildman–Crippen LogP) is 1.84. The van der Waals surface area contributed by atoms with Gasteiger partial charge in [0.05, 0.1) is 25.4 Å². The van der Waals surface area contributed by atoms with E-state index in [4.69, 9.17) is 27.9 Å². The summed E-state index contributed by atoms with van der Waals surface area (Å²) in [5.74, 6) is 0. The van der Waals surface area contributed by atoms with E-state index in [0.717, 1.165) is 5.56 Å². The highest BCUT2D eigenvalue weighted by Crippen LogP contribution is 2.21. The second-order valence-electron chi connectivity index (χ2n) is 3.83. The average molecular weight is 262 g/mol. The van der Waals surface area contributed by atoms with Crippen molar-refractivity contribution in [3.05, 3.63) is 33.8 Å². The van der Waals surface area contributed by atoms with Crippen molar-refractivity contribution in [2.75, 3.05) is 13.2 Å². The second-order valence-corrected chi connectivity index (χ2v) is 4.67. The van der Waals surface area contributed by atoms with Gasteiger partial charge in [0.25, 0.3) is 0 Å². The van der Waals surface area contributed by atoms with E-state index in [1.165, 1.54) is 0 Å². The fourth-order valence-corrected chi connectivity index (χ4v) is 2.12. The van der Waals surface area contributed by atoms with E-state index >= 15 is 0 Å². The number of hydrogen-bond donors (Lipinski definition) is 2. The van der Waals surface area contributed by atoms with Crippen molar-refractivity contribution in [3.8, 4) is 0 Å². The van der Waals surface area contributed by atoms with Gasteiger partial charge in [0.1, 0.15) is 0 Å². The van der Waals surface area contributed by atoms with E-state index in [1.54, 1.807) is 12.1 Å². The van der Waals surface area contributed by atoms with Crippen LogP contribution in [-0.4, -0.2) is 30.5 Å². The molecule has 0 aromatic heterocycles. The van der Waals surface area contributed by atoms with Crippen LogP contribution in [0.1, 0.15) is 5.56 Å². The molecule has 0 bridgehead atoms. The highest BCUT2D eigenvalue weighted by Gasteiger charge is 2.25. The van der Waals surface area contributed by atoms with Crippen molar-refractivity contribution in [2.45, 2.75) is 18.7 Å². The third kappa shape index (κ3) is 2.87. The Bertz CT molecular complexity index is 373. The second kappa shape index (κ2) is 5.34. The van der Waals surface area contributed by atoms with Gasteiger partial charge < -0.3 is 15.2 Å². The summed E-state index contributed by atoms with van der Waals surface area (Å²) in [5.41, 5.74) is 0.963. The van der Waals surface area contributed by atoms with Crippen LogP contribution in [0.25, 0.3) is 0 Å². The third-order valence-electron chi connectivity index (χ3n) is 2.62. The fourth-order valence-electron chi connectivity index (χ4n) is 1.64. The molecule has 0 spiro atoms. The van der Waals surface area contributed by atoms with Crippen LogP contribution in [0.15, 0.2) is 18.2 Å². The lowest BCUT2D eigenvalue weighted by Crippen LogP contribution is -2.38. The standard InChI is InChI=1S/C11H13Cl2NO2/c12-8-2-1-7(9(13)3-8)4-14-10-5-16-6-11(10)15/h1-3,10-11,14-15H,4-6H2. The SMILES string of the molecule is OC1COCC1NCc1ccc(Cl)cc1Cl. The van der Waals surface area contributed by atoms with Crippen molar-refractivity contribution in [1.29, 1.82) is 0 Å². The molecular formula is C11H13Cl2NO2. The Labute approximate surface area is 104 Å². The number of hydrogen-bond acceptors (Lipinski definition) is 3. The van der Waals surface area contributed by atoms with Gasteiger partial charge in [-0.2, -0.15) is 0 Å². The Morgan fingerprint density at radius 2 is 2.19 bits per heavy atom. The van der Waals surface area contributed by atoms with Gasteiger partial charge in [-0.25, -0.2) is 0 Å². The van der Waals surface area contributed by atoms with E-state index in [1.807, 2.05) is 6.07 Å². The normalized spacial score (nSPS) is 24.9. The number of ether oxygens (including phenoxy) is 1. The summed E-state index contributed by atoms with van der Waals surface area (Å²) in [6.45, 7) is 1.53. The van der Waals surface area contributed by atoms with Crippen molar-refractivity contribution in [3.63, 3.8) is 0 Å². The topological polar surface area (TPSA) is 41.5 Å². The highest BCUT2D eigenvalue weighted by atomic mass is 35.5. The van der Waals surface area contributed by atoms with Crippen molar-refractivity contribution >= 4 is 23.2 Å². The molecule has 2 rings (SSSR count). The lowest BCUT2D eigenvalue weighted by molar-refractivity contribution is 0.122. The molecule has 1 aromatic rings. The Morgan fingerprint density at radius 3 is 2.81 bits per heavy atom. The van der Waals surface area contributed by atoms with Gasteiger partial charge in [0, 0.05) is 16.6 Å². The molecule has 1 aliphatic heterocycles. The first-order chi connectivity index (χ1) is 7.66. The molecule has 3 nitrogen and oxygen atoms in total. The Kier molecular flexibility index (Phi) is 4.05. The molecule has 0 saturated carbocycles. The first-order valence-corrected chi connectivity index (χ1v) is 5.85. The van der Waals surface area contributed by atoms with E-state index < -0.39 is 6.10 Å². The molecular weight excluding hydrogens is 249 g/mol. The van der Waals surface area contributed by atoms with Crippen LogP contribution < -0.4 is 5.32 Å². The third-order valence-corrected chi connectivity index (χ3v) is 3.21. The minimum atomic E-state index is -0.439. The Balaban J connectivity index is 1.94. The summed E-state index contributed by atoms with van der Waals surface area (Å²) < 4.78 is 5.14. The molecule has 0 aliphatic carbocycles. The zero-order valence-electron chi connectivity index (χ0n) is 8.62. The summed E-state index contributed by atoms with van der Waals surface area (Å²) in [4.78, 5) is 0. The van der Waals surface area contributed by atoms with Gasteiger partial charge in [-0.05, 0) is 17.7 Å². The minimum absolute atomic E-state index is 0.0215. The molecule has 16 heavy (non-hydrogen) atoms. The number of rotatable bonds is 3. The summed E-state index contributed by atoms with van der Waals surface area (Å²) in [5, 5.41) is 14.0. The quantitative estimate of drug-likeness (QED) is 0.873. The maximum absolute atomic E-state index is 9.54. The minimum Gasteiger partial charge on any atom is -0.389 e. The van der Waals surface area contributed by atoms with Crippen LogP contribution in [0, 0.1) is 0 Å². The summed E-state index contributed by atoms with van der Waals surface area (Å²) in [6, 6.07) is 5.36. The number of nitrogens with one attached hydrogen (secondary N) is 1. The Hall–Kier alpha value is -0.320. The smallest absolute Gasteiger partial charge is 0.0948 e. The highest BCUT2D eigenvalue weighted by molar-refractivity contribution is 6.35. The van der Waals surface area contributed by atoms with Gasteiger partial charge in [0.2, 0.25) is 0 Å². The number of halogens is 2. The van der Waals surface area contributed by atoms with Gasteiger partial charge in [-0.1, -0.05) is 29.3 Å². The fraction of sp³-hybridized carbons (Fsp3) is 0.455. The number of aliphatic hydroxyl groups excluding tert-OH is 1. The molecule has 2 atom stereocenters. The maximum atomic E-state index is 9.54. The summed E-state index contributed by atoms with van der Waals surface area (Å²) in [7, 11) is 0. The summed E-state index contributed by atoms with van der Waals surface area (Å²) in [6.07, 6.45) is -0.439. The largest absolute Gasteiger partial charge is 0.389 e. The molecule has 1 fully saturated rings. The van der Waals surface area contributed by atoms with E-state index in [9.17, 15) is 5.11 Å². The predicted molar refractivity (Wildman–Crippen MR) is 63.9 cm³/mol. The monoisotopic (exact) mass is 261 g/mol. The summed E-state index contributed by atoms with van der Waals surface area (Å²) >= 11 is 11.8. The molecule has 2 N–H and O–H groups in total. The average Bonchev–Trinajstić information content (AvgIpc) is 2.63. The van der Waals surface area contributed by atoms with E-state index in [-0.39, 0.29) is 6.04 Å². The van der Waals surface area contributed by atoms with Gasteiger partial charge in [-0.15, -0.1) is 0 Å². The van der Waals surface area contributed by atoms with Crippen LogP contribution in [0.5, 0.6) is 0 Å². The maximum Gasteiger partial charge on any atom is 0.0948 e. The lowest BCUT2D eigenvalue weighted by Gasteiger charge is -2.15. The zero-order valence-corrected chi connectivity index (χ0v) is 10.1. The van der Waals surface area contributed by atoms with Crippen LogP contribution in [0.4, 0.5) is 0 Å². The first-order valence-electron chi connectivity index (χ1n) is 5.10. The van der Waals surface area contributed by atoms with Gasteiger partial charge in [-0.3, -0.25) is 0 Å². The Morgan fingerprint density at radius 1 is 1.38 bits per heavy atom. The molecule has 1 heterocycles. The number of aliphatic hydroxyl groups is 1. The van der Waals surface area contributed by atoms with Gasteiger partial charge >= 0.3 is 0 Å². The molecule has 88 valence electrons. The number of benzene rings is 1. The van der Waals surface area contributed by atoms with E-state index in [0.29, 0.717) is 29.8 Å². The molecule has 1 aromatic carbocycles. The van der Waals surface area contributed by atoms with Crippen LogP contribution >= 0.6 is 23.2 Å². The first kappa shape index (κ1) is 12.1. The van der Waals surface area contributed by atoms with Crippen LogP contribution in [0.3, 0.4) is 0 Å². The van der Waals surface area contributed by atoms with Gasteiger partial charge in [0.15, 0.2) is 0 Å². The van der Waals surface area contributed by atoms with Crippen LogP contribution in [0.2, 0.25) is 10.0 Å². The molecule has 2 unspecified atom stereocenters. The van der Waals surface area contributed by atoms with Crippen molar-refractivity contribution in [1.82, 2.24) is 5.32 Å². The van der Waals surface area contributed by atoms with E-state index in [2.05, 4.69) is 5.32 Å². The molecule has 5 heteroatoms.